The van der Waals surface area contributed by atoms with Gasteiger partial charge in [-0.15, -0.1) is 0 Å². The van der Waals surface area contributed by atoms with Crippen molar-refractivity contribution in [2.45, 2.75) is 19.3 Å². The van der Waals surface area contributed by atoms with E-state index in [-0.39, 0.29) is 5.41 Å². The average Bonchev–Trinajstić information content (AvgIpc) is 3.47. The Balaban J connectivity index is 1.01. The molecule has 9 aromatic rings. The molecule has 0 bridgehead atoms. The van der Waals surface area contributed by atoms with Crippen LogP contribution < -0.4 is 10.2 Å². The van der Waals surface area contributed by atoms with Gasteiger partial charge in [0.15, 0.2) is 0 Å². The number of nitrogens with zero attached hydrogens (tertiary/aromatic N) is 1. The fourth-order valence-corrected chi connectivity index (χ4v) is 8.61. The van der Waals surface area contributed by atoms with Crippen LogP contribution >= 0.6 is 0 Å². The predicted octanol–water partition coefficient (Wildman–Crippen LogP) is 14.8. The van der Waals surface area contributed by atoms with Gasteiger partial charge >= 0.3 is 0 Å². The smallest absolute Gasteiger partial charge is 0.0540 e. The summed E-state index contributed by atoms with van der Waals surface area (Å²) in [5, 5.41) is 8.56. The van der Waals surface area contributed by atoms with E-state index in [2.05, 4.69) is 224 Å². The molecule has 0 aliphatic heterocycles. The van der Waals surface area contributed by atoms with Crippen molar-refractivity contribution in [2.24, 2.45) is 0 Å². The van der Waals surface area contributed by atoms with Crippen molar-refractivity contribution in [1.82, 2.24) is 0 Å². The summed E-state index contributed by atoms with van der Waals surface area (Å²) < 4.78 is 0. The van der Waals surface area contributed by atoms with Crippen LogP contribution in [0.15, 0.2) is 200 Å². The van der Waals surface area contributed by atoms with Gasteiger partial charge in [-0.2, -0.15) is 0 Å². The zero-order valence-electron chi connectivity index (χ0n) is 31.0. The Morgan fingerprint density at radius 2 is 0.982 bits per heavy atom. The maximum absolute atomic E-state index is 3.67. The largest absolute Gasteiger partial charge is 0.355 e. The normalized spacial score (nSPS) is 12.7. The summed E-state index contributed by atoms with van der Waals surface area (Å²) >= 11 is 0. The molecule has 262 valence electrons. The van der Waals surface area contributed by atoms with Gasteiger partial charge in [-0.3, -0.25) is 0 Å². The Bertz CT molecular complexity index is 2870. The Morgan fingerprint density at radius 3 is 1.78 bits per heavy atom. The molecule has 0 unspecified atom stereocenters. The monoisotopic (exact) mass is 704 g/mol. The lowest BCUT2D eigenvalue weighted by atomic mass is 9.82. The van der Waals surface area contributed by atoms with E-state index in [0.29, 0.717) is 0 Å². The van der Waals surface area contributed by atoms with Crippen LogP contribution in [0.5, 0.6) is 0 Å². The lowest BCUT2D eigenvalue weighted by molar-refractivity contribution is 0.660. The number of nitrogens with one attached hydrogen (secondary N) is 1. The highest BCUT2D eigenvalue weighted by atomic mass is 15.1. The lowest BCUT2D eigenvalue weighted by Crippen LogP contribution is -2.16. The van der Waals surface area contributed by atoms with Crippen LogP contribution in [0.1, 0.15) is 25.0 Å². The number of anilines is 5. The molecule has 10 rings (SSSR count). The molecule has 1 aliphatic carbocycles. The van der Waals surface area contributed by atoms with Crippen molar-refractivity contribution in [3.63, 3.8) is 0 Å². The van der Waals surface area contributed by atoms with E-state index < -0.39 is 0 Å². The van der Waals surface area contributed by atoms with E-state index in [1.54, 1.807) is 0 Å². The molecule has 0 radical (unpaired) electrons. The number of benzene rings is 9. The van der Waals surface area contributed by atoms with Crippen molar-refractivity contribution in [3.05, 3.63) is 211 Å². The minimum Gasteiger partial charge on any atom is -0.355 e. The summed E-state index contributed by atoms with van der Waals surface area (Å²) in [5.74, 6) is 0. The third-order valence-electron chi connectivity index (χ3n) is 11.4. The van der Waals surface area contributed by atoms with E-state index in [9.17, 15) is 0 Å². The molecule has 0 atom stereocenters. The third-order valence-corrected chi connectivity index (χ3v) is 11.4. The molecule has 2 heteroatoms. The Morgan fingerprint density at radius 1 is 0.400 bits per heavy atom. The number of hydrogen-bond donors (Lipinski definition) is 1. The summed E-state index contributed by atoms with van der Waals surface area (Å²) in [5.41, 5.74) is 15.6. The van der Waals surface area contributed by atoms with Gasteiger partial charge in [0.2, 0.25) is 0 Å². The van der Waals surface area contributed by atoms with Crippen LogP contribution in [0, 0.1) is 0 Å². The highest BCUT2D eigenvalue weighted by molar-refractivity contribution is 6.00. The van der Waals surface area contributed by atoms with Gasteiger partial charge in [-0.25, -0.2) is 0 Å². The van der Waals surface area contributed by atoms with Gasteiger partial charge < -0.3 is 10.2 Å². The molecule has 0 heterocycles. The second kappa shape index (κ2) is 13.2. The maximum Gasteiger partial charge on any atom is 0.0540 e. The van der Waals surface area contributed by atoms with E-state index in [0.717, 1.165) is 28.4 Å². The topological polar surface area (TPSA) is 15.3 Å². The molecule has 0 aromatic heterocycles. The summed E-state index contributed by atoms with van der Waals surface area (Å²) in [6, 6.07) is 72.7. The first-order valence-electron chi connectivity index (χ1n) is 19.1. The van der Waals surface area contributed by atoms with Crippen molar-refractivity contribution in [2.75, 3.05) is 10.2 Å². The quantitative estimate of drug-likeness (QED) is 0.178. The first-order valence-corrected chi connectivity index (χ1v) is 19.1. The number of fused-ring (bicyclic) bond motifs is 5. The van der Waals surface area contributed by atoms with Crippen LogP contribution in [0.3, 0.4) is 0 Å². The average molecular weight is 705 g/mol. The summed E-state index contributed by atoms with van der Waals surface area (Å²) in [6.07, 6.45) is 0. The van der Waals surface area contributed by atoms with Crippen molar-refractivity contribution in [3.8, 4) is 33.4 Å². The fourth-order valence-electron chi connectivity index (χ4n) is 8.61. The van der Waals surface area contributed by atoms with Gasteiger partial charge in [-0.1, -0.05) is 166 Å². The zero-order chi connectivity index (χ0) is 36.9. The molecule has 1 N–H and O–H groups in total. The van der Waals surface area contributed by atoms with Gasteiger partial charge in [0.05, 0.1) is 5.69 Å². The Kier molecular flexibility index (Phi) is 7.85. The predicted molar refractivity (Wildman–Crippen MR) is 234 cm³/mol. The SMILES string of the molecule is CC1(C)c2ccccc2-c2ccc(N(c3cccc(-c4ccc(-c5cccc(Nc6cccc7ccccc67)c5)cc4)c3)c3cccc4ccccc34)cc21. The Hall–Kier alpha value is -6.90. The number of hydrogen-bond acceptors (Lipinski definition) is 2. The highest BCUT2D eigenvalue weighted by Crippen LogP contribution is 2.51. The van der Waals surface area contributed by atoms with E-state index in [4.69, 9.17) is 0 Å². The molecule has 0 saturated carbocycles. The zero-order valence-corrected chi connectivity index (χ0v) is 31.0. The molecule has 2 nitrogen and oxygen atoms in total. The minimum absolute atomic E-state index is 0.0958. The molecule has 1 aliphatic rings. The highest BCUT2D eigenvalue weighted by Gasteiger charge is 2.35. The van der Waals surface area contributed by atoms with Crippen molar-refractivity contribution in [1.29, 1.82) is 0 Å². The lowest BCUT2D eigenvalue weighted by Gasteiger charge is -2.29. The van der Waals surface area contributed by atoms with E-state index in [1.807, 2.05) is 0 Å². The molecule has 0 amide bonds. The minimum atomic E-state index is -0.0958. The van der Waals surface area contributed by atoms with Crippen LogP contribution in [-0.4, -0.2) is 0 Å². The first-order chi connectivity index (χ1) is 27.0. The summed E-state index contributed by atoms with van der Waals surface area (Å²) in [7, 11) is 0. The van der Waals surface area contributed by atoms with Crippen molar-refractivity contribution >= 4 is 50.0 Å². The molecule has 9 aromatic carbocycles. The van der Waals surface area contributed by atoms with E-state index >= 15 is 0 Å². The summed E-state index contributed by atoms with van der Waals surface area (Å²) in [4.78, 5) is 2.44. The molecule has 0 spiro atoms. The van der Waals surface area contributed by atoms with Crippen LogP contribution in [0.4, 0.5) is 28.4 Å². The summed E-state index contributed by atoms with van der Waals surface area (Å²) in [6.45, 7) is 4.71. The van der Waals surface area contributed by atoms with Gasteiger partial charge in [-0.05, 0) is 104 Å². The second-order valence-corrected chi connectivity index (χ2v) is 15.1. The first kappa shape index (κ1) is 32.7. The fraction of sp³-hybridized carbons (Fsp3) is 0.0566. The van der Waals surface area contributed by atoms with Crippen LogP contribution in [0.25, 0.3) is 54.9 Å². The van der Waals surface area contributed by atoms with Gasteiger partial charge in [0.1, 0.15) is 0 Å². The second-order valence-electron chi connectivity index (χ2n) is 15.1. The standard InChI is InChI=1S/C53H40N2/c1-53(2)49-24-8-7-23-47(49)48-32-31-44(35-50(48)53)55(52-26-12-16-39-14-4-6-22-46(39)52)43-20-10-18-41(34-43)37-29-27-36(28-30-37)40-17-9-19-42(33-40)54-51-25-11-15-38-13-3-5-21-45(38)51/h3-35,54H,1-2H3. The van der Waals surface area contributed by atoms with Crippen LogP contribution in [0.2, 0.25) is 0 Å². The Labute approximate surface area is 323 Å². The maximum atomic E-state index is 3.67. The molecule has 55 heavy (non-hydrogen) atoms. The van der Waals surface area contributed by atoms with Crippen LogP contribution in [-0.2, 0) is 5.41 Å². The molecular weight excluding hydrogens is 665 g/mol. The molecular formula is C53H40N2. The van der Waals surface area contributed by atoms with E-state index in [1.165, 1.54) is 66.1 Å². The van der Waals surface area contributed by atoms with Gasteiger partial charge in [0, 0.05) is 38.9 Å². The van der Waals surface area contributed by atoms with Gasteiger partial charge in [0.25, 0.3) is 0 Å². The third kappa shape index (κ3) is 5.75. The number of rotatable bonds is 7. The molecule has 0 fully saturated rings. The van der Waals surface area contributed by atoms with Crippen molar-refractivity contribution < 1.29 is 0 Å². The molecule has 0 saturated heterocycles.